The predicted molar refractivity (Wildman–Crippen MR) is 50.0 cm³/mol. The molecule has 0 atom stereocenters. The summed E-state index contributed by atoms with van der Waals surface area (Å²) in [6, 6.07) is 0. The Bertz CT molecular complexity index is 178. The van der Waals surface area contributed by atoms with Crippen LogP contribution in [0.25, 0.3) is 0 Å². The lowest BCUT2D eigenvalue weighted by Gasteiger charge is -2.01. The van der Waals surface area contributed by atoms with E-state index in [0.29, 0.717) is 6.42 Å². The molecular formula is C9H17NO3. The van der Waals surface area contributed by atoms with E-state index in [1.165, 1.54) is 7.11 Å². The first kappa shape index (κ1) is 11.9. The smallest absolute Gasteiger partial charge is 0.355 e. The third-order valence-corrected chi connectivity index (χ3v) is 1.81. The van der Waals surface area contributed by atoms with E-state index in [1.807, 2.05) is 0 Å². The fraction of sp³-hybridized carbons (Fsp3) is 0.778. The van der Waals surface area contributed by atoms with E-state index in [-0.39, 0.29) is 5.71 Å². The van der Waals surface area contributed by atoms with Crippen molar-refractivity contribution in [2.24, 2.45) is 5.16 Å². The molecule has 0 spiro atoms. The molecule has 0 amide bonds. The van der Waals surface area contributed by atoms with Crippen LogP contribution in [0.4, 0.5) is 0 Å². The van der Waals surface area contributed by atoms with Crippen molar-refractivity contribution in [3.05, 3.63) is 0 Å². The summed E-state index contributed by atoms with van der Waals surface area (Å²) in [5.41, 5.74) is 0.110. The minimum absolute atomic E-state index is 0.110. The lowest BCUT2D eigenvalue weighted by atomic mass is 10.1. The Hall–Kier alpha value is -1.06. The maximum atomic E-state index is 10.9. The van der Waals surface area contributed by atoms with Gasteiger partial charge in [0, 0.05) is 6.42 Å². The molecule has 0 unspecified atom stereocenters. The summed E-state index contributed by atoms with van der Waals surface area (Å²) in [4.78, 5) is 10.9. The van der Waals surface area contributed by atoms with Gasteiger partial charge < -0.3 is 9.94 Å². The standard InChI is InChI=1S/C9H17NO3/c1-3-4-5-6-7-8(10-12)9(11)13-2/h12H,3-7H2,1-2H3. The third kappa shape index (κ3) is 5.22. The molecule has 0 aliphatic rings. The SMILES string of the molecule is CCCCCCC(=NO)C(=O)OC. The van der Waals surface area contributed by atoms with E-state index in [2.05, 4.69) is 16.8 Å². The number of hydrogen-bond donors (Lipinski definition) is 1. The van der Waals surface area contributed by atoms with E-state index < -0.39 is 5.97 Å². The van der Waals surface area contributed by atoms with Crippen LogP contribution in [-0.4, -0.2) is 24.0 Å². The Balaban J connectivity index is 3.68. The molecule has 0 fully saturated rings. The van der Waals surface area contributed by atoms with Gasteiger partial charge in [-0.3, -0.25) is 0 Å². The molecule has 0 aliphatic heterocycles. The number of carbonyl (C=O) groups excluding carboxylic acids is 1. The van der Waals surface area contributed by atoms with Crippen LogP contribution in [-0.2, 0) is 9.53 Å². The van der Waals surface area contributed by atoms with Gasteiger partial charge in [0.1, 0.15) is 0 Å². The zero-order valence-electron chi connectivity index (χ0n) is 8.25. The largest absolute Gasteiger partial charge is 0.464 e. The van der Waals surface area contributed by atoms with Crippen molar-refractivity contribution < 1.29 is 14.7 Å². The van der Waals surface area contributed by atoms with Crippen molar-refractivity contribution >= 4 is 11.7 Å². The van der Waals surface area contributed by atoms with Gasteiger partial charge in [0.15, 0.2) is 5.71 Å². The summed E-state index contributed by atoms with van der Waals surface area (Å²) in [5, 5.41) is 11.4. The van der Waals surface area contributed by atoms with Crippen LogP contribution in [0.5, 0.6) is 0 Å². The van der Waals surface area contributed by atoms with Gasteiger partial charge in [-0.25, -0.2) is 4.79 Å². The van der Waals surface area contributed by atoms with Crippen LogP contribution in [0, 0.1) is 0 Å². The highest BCUT2D eigenvalue weighted by Crippen LogP contribution is 2.04. The van der Waals surface area contributed by atoms with Crippen LogP contribution < -0.4 is 0 Å². The van der Waals surface area contributed by atoms with Gasteiger partial charge in [0.2, 0.25) is 0 Å². The van der Waals surface area contributed by atoms with Crippen molar-refractivity contribution in [3.63, 3.8) is 0 Å². The second kappa shape index (κ2) is 7.58. The van der Waals surface area contributed by atoms with Crippen molar-refractivity contribution in [1.29, 1.82) is 0 Å². The summed E-state index contributed by atoms with van der Waals surface area (Å²) in [7, 11) is 1.28. The average molecular weight is 187 g/mol. The lowest BCUT2D eigenvalue weighted by molar-refractivity contribution is -0.133. The molecule has 76 valence electrons. The van der Waals surface area contributed by atoms with Crippen molar-refractivity contribution in [2.45, 2.75) is 39.0 Å². The highest BCUT2D eigenvalue weighted by molar-refractivity contribution is 6.36. The Labute approximate surface area is 78.6 Å². The lowest BCUT2D eigenvalue weighted by Crippen LogP contribution is -2.15. The molecule has 0 aromatic rings. The molecule has 1 N–H and O–H groups in total. The van der Waals surface area contributed by atoms with Crippen molar-refractivity contribution in [2.75, 3.05) is 7.11 Å². The molecule has 13 heavy (non-hydrogen) atoms. The monoisotopic (exact) mass is 187 g/mol. The number of oxime groups is 1. The van der Waals surface area contributed by atoms with E-state index >= 15 is 0 Å². The number of hydrogen-bond acceptors (Lipinski definition) is 4. The topological polar surface area (TPSA) is 58.9 Å². The maximum Gasteiger partial charge on any atom is 0.355 e. The number of unbranched alkanes of at least 4 members (excludes halogenated alkanes) is 3. The quantitative estimate of drug-likeness (QED) is 0.227. The first-order valence-corrected chi connectivity index (χ1v) is 4.55. The second-order valence-electron chi connectivity index (χ2n) is 2.85. The van der Waals surface area contributed by atoms with Gasteiger partial charge in [-0.1, -0.05) is 31.3 Å². The van der Waals surface area contributed by atoms with Crippen LogP contribution in [0.2, 0.25) is 0 Å². The van der Waals surface area contributed by atoms with E-state index in [1.54, 1.807) is 0 Å². The number of nitrogens with zero attached hydrogens (tertiary/aromatic N) is 1. The average Bonchev–Trinajstić information content (AvgIpc) is 2.17. The summed E-state index contributed by atoms with van der Waals surface area (Å²) in [6.45, 7) is 2.11. The highest BCUT2D eigenvalue weighted by atomic mass is 16.5. The zero-order chi connectivity index (χ0) is 10.1. The molecule has 0 aromatic carbocycles. The van der Waals surface area contributed by atoms with Crippen LogP contribution in [0.1, 0.15) is 39.0 Å². The normalized spacial score (nSPS) is 11.4. The number of esters is 1. The Morgan fingerprint density at radius 2 is 2.08 bits per heavy atom. The van der Waals surface area contributed by atoms with E-state index in [4.69, 9.17) is 5.21 Å². The van der Waals surface area contributed by atoms with Crippen LogP contribution in [0.15, 0.2) is 5.16 Å². The first-order valence-electron chi connectivity index (χ1n) is 4.55. The van der Waals surface area contributed by atoms with Crippen LogP contribution >= 0.6 is 0 Å². The summed E-state index contributed by atoms with van der Waals surface area (Å²) in [5.74, 6) is -0.543. The molecular weight excluding hydrogens is 170 g/mol. The first-order chi connectivity index (χ1) is 6.26. The molecule has 0 heterocycles. The fourth-order valence-corrected chi connectivity index (χ4v) is 1.03. The van der Waals surface area contributed by atoms with E-state index in [0.717, 1.165) is 25.7 Å². The Kier molecular flexibility index (Phi) is 6.96. The van der Waals surface area contributed by atoms with Gasteiger partial charge in [0.05, 0.1) is 7.11 Å². The van der Waals surface area contributed by atoms with E-state index in [9.17, 15) is 4.79 Å². The van der Waals surface area contributed by atoms with Gasteiger partial charge in [0.25, 0.3) is 0 Å². The molecule has 0 bridgehead atoms. The molecule has 0 aromatic heterocycles. The van der Waals surface area contributed by atoms with Crippen molar-refractivity contribution in [1.82, 2.24) is 0 Å². The zero-order valence-corrected chi connectivity index (χ0v) is 8.25. The second-order valence-corrected chi connectivity index (χ2v) is 2.85. The summed E-state index contributed by atoms with van der Waals surface area (Å²) < 4.78 is 4.43. The number of methoxy groups -OCH3 is 1. The maximum absolute atomic E-state index is 10.9. The minimum atomic E-state index is -0.543. The van der Waals surface area contributed by atoms with Gasteiger partial charge in [-0.05, 0) is 6.42 Å². The van der Waals surface area contributed by atoms with Gasteiger partial charge in [-0.2, -0.15) is 0 Å². The third-order valence-electron chi connectivity index (χ3n) is 1.81. The van der Waals surface area contributed by atoms with Crippen molar-refractivity contribution in [3.8, 4) is 0 Å². The van der Waals surface area contributed by atoms with Crippen LogP contribution in [0.3, 0.4) is 0 Å². The molecule has 0 saturated carbocycles. The molecule has 4 nitrogen and oxygen atoms in total. The highest BCUT2D eigenvalue weighted by Gasteiger charge is 2.11. The molecule has 0 saturated heterocycles. The van der Waals surface area contributed by atoms with Gasteiger partial charge >= 0.3 is 5.97 Å². The Morgan fingerprint density at radius 1 is 1.38 bits per heavy atom. The number of carbonyl (C=O) groups is 1. The van der Waals surface area contributed by atoms with Gasteiger partial charge in [-0.15, -0.1) is 0 Å². The minimum Gasteiger partial charge on any atom is -0.464 e. The Morgan fingerprint density at radius 3 is 2.54 bits per heavy atom. The predicted octanol–water partition coefficient (Wildman–Crippen LogP) is 1.96. The molecule has 0 radical (unpaired) electrons. The summed E-state index contributed by atoms with van der Waals surface area (Å²) in [6.07, 6.45) is 4.68. The molecule has 0 rings (SSSR count). The molecule has 0 aliphatic carbocycles. The molecule has 4 heteroatoms. The number of rotatable bonds is 6. The number of ether oxygens (including phenoxy) is 1. The fourth-order valence-electron chi connectivity index (χ4n) is 1.03. The summed E-state index contributed by atoms with van der Waals surface area (Å²) >= 11 is 0.